The first-order chi connectivity index (χ1) is 7.69. The number of carbonyl (C=O) groups excluding carboxylic acids is 1. The van der Waals surface area contributed by atoms with E-state index in [1.165, 1.54) is 12.8 Å². The number of likely N-dealkylation sites (tertiary alicyclic amines) is 1. The minimum atomic E-state index is 0.134. The molecule has 0 spiro atoms. The minimum Gasteiger partial charge on any atom is -0.355 e. The molecule has 1 aliphatic heterocycles. The van der Waals surface area contributed by atoms with Gasteiger partial charge >= 0.3 is 0 Å². The van der Waals surface area contributed by atoms with Gasteiger partial charge in [-0.15, -0.1) is 0 Å². The van der Waals surface area contributed by atoms with Crippen molar-refractivity contribution < 1.29 is 4.79 Å². The van der Waals surface area contributed by atoms with Crippen molar-refractivity contribution in [2.75, 3.05) is 26.2 Å². The van der Waals surface area contributed by atoms with Crippen LogP contribution in [-0.4, -0.2) is 43.0 Å². The van der Waals surface area contributed by atoms with Crippen LogP contribution < -0.4 is 11.1 Å². The molecule has 4 heteroatoms. The van der Waals surface area contributed by atoms with E-state index in [4.69, 9.17) is 5.73 Å². The van der Waals surface area contributed by atoms with Crippen molar-refractivity contribution in [3.05, 3.63) is 0 Å². The van der Waals surface area contributed by atoms with Crippen LogP contribution in [0.2, 0.25) is 0 Å². The summed E-state index contributed by atoms with van der Waals surface area (Å²) in [5, 5.41) is 2.92. The van der Waals surface area contributed by atoms with Gasteiger partial charge in [0.25, 0.3) is 0 Å². The molecule has 1 heterocycles. The molecule has 0 aromatic heterocycles. The third kappa shape index (κ3) is 3.76. The number of nitrogens with zero attached hydrogens (tertiary/aromatic N) is 1. The maximum absolute atomic E-state index is 11.6. The second kappa shape index (κ2) is 6.86. The summed E-state index contributed by atoms with van der Waals surface area (Å²) in [5.74, 6) is 0.743. The van der Waals surface area contributed by atoms with Crippen LogP contribution in [0, 0.1) is 5.92 Å². The molecule has 0 aromatic rings. The van der Waals surface area contributed by atoms with E-state index >= 15 is 0 Å². The Balaban J connectivity index is 2.41. The molecule has 0 radical (unpaired) electrons. The molecule has 4 nitrogen and oxygen atoms in total. The van der Waals surface area contributed by atoms with Gasteiger partial charge in [-0.3, -0.25) is 9.69 Å². The predicted octanol–water partition coefficient (Wildman–Crippen LogP) is 0.572. The Bertz CT molecular complexity index is 220. The summed E-state index contributed by atoms with van der Waals surface area (Å²) < 4.78 is 0. The molecule has 1 saturated heterocycles. The average molecular weight is 227 g/mol. The topological polar surface area (TPSA) is 58.4 Å². The maximum atomic E-state index is 11.6. The van der Waals surface area contributed by atoms with E-state index < -0.39 is 0 Å². The number of amides is 1. The van der Waals surface area contributed by atoms with Gasteiger partial charge in [0.2, 0.25) is 5.91 Å². The van der Waals surface area contributed by atoms with E-state index in [2.05, 4.69) is 24.1 Å². The molecule has 1 aliphatic rings. The van der Waals surface area contributed by atoms with Gasteiger partial charge < -0.3 is 11.1 Å². The fourth-order valence-electron chi connectivity index (χ4n) is 2.42. The van der Waals surface area contributed by atoms with E-state index in [1.807, 2.05) is 0 Å². The molecule has 1 rings (SSSR count). The van der Waals surface area contributed by atoms with Crippen molar-refractivity contribution in [3.8, 4) is 0 Å². The summed E-state index contributed by atoms with van der Waals surface area (Å²) in [5.41, 5.74) is 5.79. The summed E-state index contributed by atoms with van der Waals surface area (Å²) in [6, 6.07) is 0.376. The molecule has 0 aromatic carbocycles. The highest BCUT2D eigenvalue weighted by atomic mass is 16.2. The van der Waals surface area contributed by atoms with Crippen LogP contribution in [0.15, 0.2) is 0 Å². The van der Waals surface area contributed by atoms with Gasteiger partial charge in [0.05, 0.1) is 6.54 Å². The van der Waals surface area contributed by atoms with Crippen LogP contribution >= 0.6 is 0 Å². The van der Waals surface area contributed by atoms with E-state index in [1.54, 1.807) is 0 Å². The number of hydrogen-bond donors (Lipinski definition) is 2. The van der Waals surface area contributed by atoms with Crippen LogP contribution in [0.4, 0.5) is 0 Å². The summed E-state index contributed by atoms with van der Waals surface area (Å²) in [6.07, 6.45) is 3.40. The second-order valence-electron chi connectivity index (χ2n) is 4.74. The fraction of sp³-hybridized carbons (Fsp3) is 0.917. The molecule has 94 valence electrons. The lowest BCUT2D eigenvalue weighted by atomic mass is 9.91. The molecule has 16 heavy (non-hydrogen) atoms. The van der Waals surface area contributed by atoms with Crippen LogP contribution in [0.25, 0.3) is 0 Å². The van der Waals surface area contributed by atoms with E-state index in [9.17, 15) is 4.79 Å². The SMILES string of the molecule is CCCNC(=O)CN1CCCC(C)C1CN. The quantitative estimate of drug-likeness (QED) is 0.722. The van der Waals surface area contributed by atoms with Gasteiger partial charge in [0.15, 0.2) is 0 Å². The highest BCUT2D eigenvalue weighted by molar-refractivity contribution is 5.78. The molecule has 0 saturated carbocycles. The molecule has 1 amide bonds. The predicted molar refractivity (Wildman–Crippen MR) is 66.1 cm³/mol. The van der Waals surface area contributed by atoms with Crippen molar-refractivity contribution in [1.29, 1.82) is 0 Å². The number of rotatable bonds is 5. The lowest BCUT2D eigenvalue weighted by Gasteiger charge is -2.38. The van der Waals surface area contributed by atoms with Gasteiger partial charge in [-0.1, -0.05) is 13.8 Å². The zero-order valence-corrected chi connectivity index (χ0v) is 10.5. The largest absolute Gasteiger partial charge is 0.355 e. The lowest BCUT2D eigenvalue weighted by molar-refractivity contribution is -0.123. The van der Waals surface area contributed by atoms with E-state index in [0.29, 0.717) is 25.0 Å². The summed E-state index contributed by atoms with van der Waals surface area (Å²) in [6.45, 7) is 7.23. The number of carbonyl (C=O) groups is 1. The Morgan fingerprint density at radius 1 is 1.56 bits per heavy atom. The van der Waals surface area contributed by atoms with Crippen molar-refractivity contribution in [2.24, 2.45) is 11.7 Å². The first kappa shape index (κ1) is 13.5. The van der Waals surface area contributed by atoms with Gasteiger partial charge in [-0.05, 0) is 31.7 Å². The Kier molecular flexibility index (Phi) is 5.77. The minimum absolute atomic E-state index is 0.134. The van der Waals surface area contributed by atoms with Crippen molar-refractivity contribution in [2.45, 2.75) is 39.2 Å². The number of hydrogen-bond acceptors (Lipinski definition) is 3. The monoisotopic (exact) mass is 227 g/mol. The molecule has 2 unspecified atom stereocenters. The smallest absolute Gasteiger partial charge is 0.234 e. The molecule has 1 fully saturated rings. The van der Waals surface area contributed by atoms with Gasteiger partial charge in [-0.25, -0.2) is 0 Å². The summed E-state index contributed by atoms with van der Waals surface area (Å²) in [4.78, 5) is 13.9. The van der Waals surface area contributed by atoms with Crippen LogP contribution in [0.5, 0.6) is 0 Å². The highest BCUT2D eigenvalue weighted by Crippen LogP contribution is 2.21. The summed E-state index contributed by atoms with van der Waals surface area (Å²) >= 11 is 0. The number of piperidine rings is 1. The highest BCUT2D eigenvalue weighted by Gasteiger charge is 2.28. The van der Waals surface area contributed by atoms with Crippen molar-refractivity contribution in [3.63, 3.8) is 0 Å². The standard InChI is InChI=1S/C12H25N3O/c1-3-6-14-12(16)9-15-7-4-5-10(2)11(15)8-13/h10-11H,3-9,13H2,1-2H3,(H,14,16). The second-order valence-corrected chi connectivity index (χ2v) is 4.74. The zero-order chi connectivity index (χ0) is 12.0. The Morgan fingerprint density at radius 2 is 2.31 bits per heavy atom. The molecular formula is C12H25N3O. The fourth-order valence-corrected chi connectivity index (χ4v) is 2.42. The van der Waals surface area contributed by atoms with Crippen LogP contribution in [0.3, 0.4) is 0 Å². The average Bonchev–Trinajstić information content (AvgIpc) is 2.27. The van der Waals surface area contributed by atoms with Crippen LogP contribution in [-0.2, 0) is 4.79 Å². The van der Waals surface area contributed by atoms with Gasteiger partial charge in [0, 0.05) is 19.1 Å². The first-order valence-corrected chi connectivity index (χ1v) is 6.39. The first-order valence-electron chi connectivity index (χ1n) is 6.39. The Labute approximate surface area is 98.6 Å². The molecule has 2 atom stereocenters. The molecule has 0 bridgehead atoms. The van der Waals surface area contributed by atoms with Crippen molar-refractivity contribution >= 4 is 5.91 Å². The molecule has 0 aliphatic carbocycles. The normalized spacial score (nSPS) is 26.7. The number of nitrogens with two attached hydrogens (primary N) is 1. The molecular weight excluding hydrogens is 202 g/mol. The lowest BCUT2D eigenvalue weighted by Crippen LogP contribution is -2.51. The third-order valence-corrected chi connectivity index (χ3v) is 3.39. The summed E-state index contributed by atoms with van der Waals surface area (Å²) in [7, 11) is 0. The van der Waals surface area contributed by atoms with Crippen molar-refractivity contribution in [1.82, 2.24) is 10.2 Å². The number of nitrogens with one attached hydrogen (secondary N) is 1. The Morgan fingerprint density at radius 3 is 2.94 bits per heavy atom. The van der Waals surface area contributed by atoms with E-state index in [0.717, 1.165) is 19.5 Å². The van der Waals surface area contributed by atoms with Gasteiger partial charge in [0.1, 0.15) is 0 Å². The maximum Gasteiger partial charge on any atom is 0.234 e. The third-order valence-electron chi connectivity index (χ3n) is 3.39. The Hall–Kier alpha value is -0.610. The zero-order valence-electron chi connectivity index (χ0n) is 10.5. The van der Waals surface area contributed by atoms with Crippen LogP contribution in [0.1, 0.15) is 33.1 Å². The molecule has 3 N–H and O–H groups in total. The van der Waals surface area contributed by atoms with E-state index in [-0.39, 0.29) is 5.91 Å². The van der Waals surface area contributed by atoms with Gasteiger partial charge in [-0.2, -0.15) is 0 Å².